The third-order valence-corrected chi connectivity index (χ3v) is 3.96. The second-order valence-corrected chi connectivity index (χ2v) is 5.01. The Morgan fingerprint density at radius 1 is 1.29 bits per heavy atom. The second kappa shape index (κ2) is 8.90. The molecule has 0 aliphatic carbocycles. The molecule has 0 spiro atoms. The largest absolute Gasteiger partial charge is 0.378 e. The molecule has 1 fully saturated rings. The van der Waals surface area contributed by atoms with E-state index in [2.05, 4.69) is 31.1 Å². The van der Waals surface area contributed by atoms with E-state index in [1.807, 2.05) is 0 Å². The Balaban J connectivity index is 2.13. The Labute approximate surface area is 107 Å². The average Bonchev–Trinajstić information content (AvgIpc) is 2.87. The van der Waals surface area contributed by atoms with Crippen LogP contribution in [0.15, 0.2) is 0 Å². The zero-order valence-electron chi connectivity index (χ0n) is 11.9. The van der Waals surface area contributed by atoms with Crippen LogP contribution in [0, 0.1) is 0 Å². The lowest BCUT2D eigenvalue weighted by Crippen LogP contribution is -2.33. The lowest BCUT2D eigenvalue weighted by atomic mass is 10.0. The molecule has 3 nitrogen and oxygen atoms in total. The SMILES string of the molecule is CCN(CC)CCC(CCC1CCCO1)NC. The first-order valence-corrected chi connectivity index (χ1v) is 7.31. The topological polar surface area (TPSA) is 24.5 Å². The van der Waals surface area contributed by atoms with Crippen LogP contribution in [0.25, 0.3) is 0 Å². The molecule has 1 N–H and O–H groups in total. The van der Waals surface area contributed by atoms with Gasteiger partial charge in [0, 0.05) is 12.6 Å². The summed E-state index contributed by atoms with van der Waals surface area (Å²) in [7, 11) is 2.09. The first kappa shape index (κ1) is 14.9. The van der Waals surface area contributed by atoms with Gasteiger partial charge in [0.05, 0.1) is 6.10 Å². The quantitative estimate of drug-likeness (QED) is 0.671. The van der Waals surface area contributed by atoms with Gasteiger partial charge in [-0.05, 0) is 58.8 Å². The number of nitrogens with one attached hydrogen (secondary N) is 1. The maximum atomic E-state index is 5.68. The van der Waals surface area contributed by atoms with Crippen molar-refractivity contribution in [2.24, 2.45) is 0 Å². The molecule has 1 aliphatic rings. The minimum absolute atomic E-state index is 0.541. The summed E-state index contributed by atoms with van der Waals surface area (Å²) in [4.78, 5) is 2.50. The summed E-state index contributed by atoms with van der Waals surface area (Å²) in [6.45, 7) is 9.00. The number of hydrogen-bond donors (Lipinski definition) is 1. The van der Waals surface area contributed by atoms with Crippen molar-refractivity contribution in [3.63, 3.8) is 0 Å². The van der Waals surface area contributed by atoms with Crippen LogP contribution in [0.3, 0.4) is 0 Å². The Bertz CT molecular complexity index is 171. The van der Waals surface area contributed by atoms with Crippen LogP contribution >= 0.6 is 0 Å². The molecule has 17 heavy (non-hydrogen) atoms. The van der Waals surface area contributed by atoms with E-state index in [-0.39, 0.29) is 0 Å². The van der Waals surface area contributed by atoms with E-state index in [0.29, 0.717) is 12.1 Å². The molecule has 0 saturated carbocycles. The molecular formula is C14H30N2O. The van der Waals surface area contributed by atoms with Crippen LogP contribution in [0.1, 0.15) is 46.0 Å². The predicted molar refractivity (Wildman–Crippen MR) is 73.5 cm³/mol. The third-order valence-electron chi connectivity index (χ3n) is 3.96. The summed E-state index contributed by atoms with van der Waals surface area (Å²) in [5, 5.41) is 3.45. The molecule has 102 valence electrons. The van der Waals surface area contributed by atoms with Gasteiger partial charge in [0.25, 0.3) is 0 Å². The molecule has 0 amide bonds. The number of ether oxygens (including phenoxy) is 1. The van der Waals surface area contributed by atoms with E-state index in [4.69, 9.17) is 4.74 Å². The van der Waals surface area contributed by atoms with Crippen molar-refractivity contribution < 1.29 is 4.74 Å². The Morgan fingerprint density at radius 3 is 2.59 bits per heavy atom. The summed E-state index contributed by atoms with van der Waals surface area (Å²) in [6.07, 6.45) is 6.80. The first-order chi connectivity index (χ1) is 8.30. The first-order valence-electron chi connectivity index (χ1n) is 7.31. The highest BCUT2D eigenvalue weighted by Gasteiger charge is 2.17. The van der Waals surface area contributed by atoms with Gasteiger partial charge in [-0.2, -0.15) is 0 Å². The van der Waals surface area contributed by atoms with Crippen molar-refractivity contribution >= 4 is 0 Å². The van der Waals surface area contributed by atoms with Crippen LogP contribution in [0.4, 0.5) is 0 Å². The van der Waals surface area contributed by atoms with Gasteiger partial charge in [-0.15, -0.1) is 0 Å². The number of nitrogens with zero attached hydrogens (tertiary/aromatic N) is 1. The van der Waals surface area contributed by atoms with Gasteiger partial charge in [0.1, 0.15) is 0 Å². The average molecular weight is 242 g/mol. The summed E-state index contributed by atoms with van der Waals surface area (Å²) in [5.41, 5.74) is 0. The van der Waals surface area contributed by atoms with E-state index in [1.165, 1.54) is 51.7 Å². The number of hydrogen-bond acceptors (Lipinski definition) is 3. The van der Waals surface area contributed by atoms with E-state index in [9.17, 15) is 0 Å². The van der Waals surface area contributed by atoms with Gasteiger partial charge in [0.2, 0.25) is 0 Å². The van der Waals surface area contributed by atoms with E-state index in [1.54, 1.807) is 0 Å². The highest BCUT2D eigenvalue weighted by molar-refractivity contribution is 4.72. The minimum Gasteiger partial charge on any atom is -0.378 e. The normalized spacial score (nSPS) is 22.2. The van der Waals surface area contributed by atoms with Crippen molar-refractivity contribution in [1.29, 1.82) is 0 Å². The van der Waals surface area contributed by atoms with Gasteiger partial charge in [0.15, 0.2) is 0 Å². The fraction of sp³-hybridized carbons (Fsp3) is 1.00. The van der Waals surface area contributed by atoms with Crippen molar-refractivity contribution in [1.82, 2.24) is 10.2 Å². The molecular weight excluding hydrogens is 212 g/mol. The van der Waals surface area contributed by atoms with Gasteiger partial charge >= 0.3 is 0 Å². The molecule has 0 aromatic rings. The smallest absolute Gasteiger partial charge is 0.0576 e. The van der Waals surface area contributed by atoms with Crippen LogP contribution < -0.4 is 5.32 Å². The highest BCUT2D eigenvalue weighted by Crippen LogP contribution is 2.18. The summed E-state index contributed by atoms with van der Waals surface area (Å²) >= 11 is 0. The van der Waals surface area contributed by atoms with Crippen LogP contribution in [-0.2, 0) is 4.74 Å². The molecule has 1 saturated heterocycles. The molecule has 3 heteroatoms. The Hall–Kier alpha value is -0.120. The summed E-state index contributed by atoms with van der Waals surface area (Å²) in [6, 6.07) is 0.653. The number of rotatable bonds is 9. The standard InChI is InChI=1S/C14H30N2O/c1-4-16(5-2)11-10-13(15-3)8-9-14-7-6-12-17-14/h13-15H,4-12H2,1-3H3. The zero-order chi connectivity index (χ0) is 12.5. The monoisotopic (exact) mass is 242 g/mol. The van der Waals surface area contributed by atoms with Gasteiger partial charge in [-0.1, -0.05) is 13.8 Å². The predicted octanol–water partition coefficient (Wildman–Crippen LogP) is 2.27. The maximum absolute atomic E-state index is 5.68. The minimum atomic E-state index is 0.541. The van der Waals surface area contributed by atoms with Gasteiger partial charge in [-0.25, -0.2) is 0 Å². The van der Waals surface area contributed by atoms with Crippen LogP contribution in [-0.4, -0.2) is 50.3 Å². The van der Waals surface area contributed by atoms with Crippen LogP contribution in [0.2, 0.25) is 0 Å². The van der Waals surface area contributed by atoms with E-state index >= 15 is 0 Å². The lowest BCUT2D eigenvalue weighted by Gasteiger charge is -2.23. The fourth-order valence-electron chi connectivity index (χ4n) is 2.57. The maximum Gasteiger partial charge on any atom is 0.0576 e. The molecule has 1 rings (SSSR count). The molecule has 0 bridgehead atoms. The summed E-state index contributed by atoms with van der Waals surface area (Å²) < 4.78 is 5.68. The summed E-state index contributed by atoms with van der Waals surface area (Å²) in [5.74, 6) is 0. The fourth-order valence-corrected chi connectivity index (χ4v) is 2.57. The third kappa shape index (κ3) is 5.84. The Morgan fingerprint density at radius 2 is 2.06 bits per heavy atom. The molecule has 0 aromatic heterocycles. The van der Waals surface area contributed by atoms with Gasteiger partial charge < -0.3 is 15.0 Å². The van der Waals surface area contributed by atoms with Crippen molar-refractivity contribution in [3.8, 4) is 0 Å². The van der Waals surface area contributed by atoms with Crippen molar-refractivity contribution in [2.45, 2.75) is 58.1 Å². The molecule has 2 unspecified atom stereocenters. The second-order valence-electron chi connectivity index (χ2n) is 5.01. The zero-order valence-corrected chi connectivity index (χ0v) is 11.9. The van der Waals surface area contributed by atoms with Crippen molar-refractivity contribution in [3.05, 3.63) is 0 Å². The van der Waals surface area contributed by atoms with E-state index in [0.717, 1.165) is 6.61 Å². The Kier molecular flexibility index (Phi) is 7.82. The van der Waals surface area contributed by atoms with Crippen molar-refractivity contribution in [2.75, 3.05) is 33.3 Å². The molecule has 0 radical (unpaired) electrons. The molecule has 2 atom stereocenters. The van der Waals surface area contributed by atoms with Crippen LogP contribution in [0.5, 0.6) is 0 Å². The molecule has 0 aromatic carbocycles. The van der Waals surface area contributed by atoms with Gasteiger partial charge in [-0.3, -0.25) is 0 Å². The molecule has 1 aliphatic heterocycles. The molecule has 1 heterocycles. The van der Waals surface area contributed by atoms with E-state index < -0.39 is 0 Å². The highest BCUT2D eigenvalue weighted by atomic mass is 16.5. The lowest BCUT2D eigenvalue weighted by molar-refractivity contribution is 0.0990.